The number of benzene rings is 2. The molecule has 8 nitrogen and oxygen atoms in total. The van der Waals surface area contributed by atoms with Crippen LogP contribution in [0.4, 0.5) is 21.5 Å². The molecular weight excluding hydrogens is 455 g/mol. The van der Waals surface area contributed by atoms with Gasteiger partial charge in [0, 0.05) is 37.1 Å². The first-order valence-corrected chi connectivity index (χ1v) is 12.8. The molecule has 1 saturated heterocycles. The van der Waals surface area contributed by atoms with Crippen molar-refractivity contribution in [1.29, 1.82) is 0 Å². The van der Waals surface area contributed by atoms with Crippen LogP contribution in [0.25, 0.3) is 0 Å². The van der Waals surface area contributed by atoms with Crippen LogP contribution in [0.5, 0.6) is 0 Å². The first-order valence-electron chi connectivity index (χ1n) is 9.12. The van der Waals surface area contributed by atoms with Gasteiger partial charge in [-0.1, -0.05) is 0 Å². The monoisotopic (exact) mass is 476 g/mol. The molecule has 0 aliphatic carbocycles. The molecule has 1 aliphatic rings. The summed E-state index contributed by atoms with van der Waals surface area (Å²) in [4.78, 5) is 1.84. The Morgan fingerprint density at radius 2 is 1.77 bits per heavy atom. The van der Waals surface area contributed by atoms with E-state index in [-0.39, 0.29) is 16.3 Å². The van der Waals surface area contributed by atoms with Crippen molar-refractivity contribution in [3.8, 4) is 0 Å². The van der Waals surface area contributed by atoms with E-state index in [9.17, 15) is 21.2 Å². The quantitative estimate of drug-likeness (QED) is 0.621. The molecule has 0 atom stereocenters. The summed E-state index contributed by atoms with van der Waals surface area (Å²) in [6.45, 7) is 3.14. The van der Waals surface area contributed by atoms with Crippen LogP contribution in [-0.4, -0.2) is 49.3 Å². The number of anilines is 3. The van der Waals surface area contributed by atoms with Crippen molar-refractivity contribution in [2.45, 2.75) is 11.3 Å². The predicted molar refractivity (Wildman–Crippen MR) is 117 cm³/mol. The summed E-state index contributed by atoms with van der Waals surface area (Å²) in [5.41, 5.74) is 0.689. The van der Waals surface area contributed by atoms with Crippen molar-refractivity contribution in [3.63, 3.8) is 0 Å². The zero-order valence-corrected chi connectivity index (χ0v) is 18.6. The lowest BCUT2D eigenvalue weighted by Crippen LogP contribution is -2.28. The molecule has 2 aromatic rings. The molecule has 0 saturated carbocycles. The molecule has 164 valence electrons. The van der Waals surface area contributed by atoms with Gasteiger partial charge in [0.15, 0.2) is 0 Å². The van der Waals surface area contributed by atoms with E-state index in [1.165, 1.54) is 6.07 Å². The van der Waals surface area contributed by atoms with Gasteiger partial charge < -0.3 is 10.2 Å². The van der Waals surface area contributed by atoms with Gasteiger partial charge in [0.1, 0.15) is 5.82 Å². The van der Waals surface area contributed by atoms with Crippen molar-refractivity contribution >= 4 is 48.9 Å². The molecule has 12 heteroatoms. The van der Waals surface area contributed by atoms with E-state index in [0.717, 1.165) is 68.8 Å². The average molecular weight is 477 g/mol. The predicted octanol–water partition coefficient (Wildman–Crippen LogP) is 2.35. The number of nitrogens with zero attached hydrogens (tertiary/aromatic N) is 2. The summed E-state index contributed by atoms with van der Waals surface area (Å²) < 4.78 is 65.5. The minimum atomic E-state index is -4.26. The molecule has 2 aromatic carbocycles. The molecule has 0 bridgehead atoms. The van der Waals surface area contributed by atoms with Crippen LogP contribution >= 0.6 is 11.8 Å². The highest BCUT2D eigenvalue weighted by Crippen LogP contribution is 2.36. The van der Waals surface area contributed by atoms with Crippen molar-refractivity contribution in [1.82, 2.24) is 5.32 Å². The van der Waals surface area contributed by atoms with E-state index in [4.69, 9.17) is 11.8 Å². The third-order valence-electron chi connectivity index (χ3n) is 4.49. The second-order valence-electron chi connectivity index (χ2n) is 6.84. The summed E-state index contributed by atoms with van der Waals surface area (Å²) in [6.07, 6.45) is 1.88. The molecule has 0 amide bonds. The molecule has 1 aliphatic heterocycles. The van der Waals surface area contributed by atoms with Crippen molar-refractivity contribution < 1.29 is 21.2 Å². The van der Waals surface area contributed by atoms with Crippen LogP contribution in [0.3, 0.4) is 0 Å². The van der Waals surface area contributed by atoms with Gasteiger partial charge in [-0.25, -0.2) is 12.8 Å². The van der Waals surface area contributed by atoms with E-state index >= 15 is 0 Å². The van der Waals surface area contributed by atoms with E-state index < -0.39 is 25.9 Å². The number of nitrogens with one attached hydrogen (secondary N) is 2. The minimum absolute atomic E-state index is 0.0212. The van der Waals surface area contributed by atoms with E-state index in [1.54, 1.807) is 12.1 Å². The first kappa shape index (κ1) is 22.6. The molecule has 0 radical (unpaired) electrons. The normalized spacial score (nSPS) is 15.5. The Bertz CT molecular complexity index is 1100. The maximum atomic E-state index is 13.2. The molecule has 30 heavy (non-hydrogen) atoms. The highest BCUT2D eigenvalue weighted by Gasteiger charge is 2.27. The van der Waals surface area contributed by atoms with Gasteiger partial charge in [0.05, 0.1) is 22.5 Å². The molecule has 0 unspecified atom stereocenters. The zero-order valence-electron chi connectivity index (χ0n) is 16.2. The Balaban J connectivity index is 2.02. The molecular formula is C18H22ClFN4O4S2. The Morgan fingerprint density at radius 3 is 2.43 bits per heavy atom. The van der Waals surface area contributed by atoms with Crippen LogP contribution in [-0.2, 0) is 20.0 Å². The lowest BCUT2D eigenvalue weighted by atomic mass is 10.2. The van der Waals surface area contributed by atoms with Gasteiger partial charge in [-0.2, -0.15) is 12.2 Å². The summed E-state index contributed by atoms with van der Waals surface area (Å²) in [7, 11) is -7.97. The van der Waals surface area contributed by atoms with Gasteiger partial charge in [-0.15, -0.1) is 0 Å². The molecule has 0 aromatic heterocycles. The average Bonchev–Trinajstić information content (AvgIpc) is 2.96. The second kappa shape index (κ2) is 8.96. The van der Waals surface area contributed by atoms with Gasteiger partial charge in [0.25, 0.3) is 10.0 Å². The number of hydrogen-bond donors (Lipinski definition) is 2. The fraction of sp³-hybridized carbons (Fsp3) is 0.333. The van der Waals surface area contributed by atoms with E-state index in [1.807, 2.05) is 0 Å². The van der Waals surface area contributed by atoms with Crippen LogP contribution in [0, 0.1) is 5.82 Å². The first-order chi connectivity index (χ1) is 14.1. The Morgan fingerprint density at radius 1 is 1.07 bits per heavy atom. The van der Waals surface area contributed by atoms with E-state index in [2.05, 4.69) is 14.9 Å². The third-order valence-corrected chi connectivity index (χ3v) is 7.30. The molecule has 1 fully saturated rings. The van der Waals surface area contributed by atoms with Crippen molar-refractivity contribution in [2.75, 3.05) is 45.9 Å². The highest BCUT2D eigenvalue weighted by atomic mass is 35.5. The van der Waals surface area contributed by atoms with Crippen LogP contribution in [0.15, 0.2) is 47.4 Å². The zero-order chi connectivity index (χ0) is 21.9. The SMILES string of the molecule is CS(=O)(=O)Nc1cc(N2CCCNCC2)ccc1N(Cl)S(=O)(=O)c1ccc(F)cc1. The highest BCUT2D eigenvalue weighted by molar-refractivity contribution is 7.94. The summed E-state index contributed by atoms with van der Waals surface area (Å²) in [5, 5.41) is 3.28. The van der Waals surface area contributed by atoms with Crippen LogP contribution < -0.4 is 18.8 Å². The molecule has 1 heterocycles. The Hall–Kier alpha value is -2.08. The number of rotatable bonds is 6. The van der Waals surface area contributed by atoms with Crippen LogP contribution in [0.1, 0.15) is 6.42 Å². The van der Waals surface area contributed by atoms with Gasteiger partial charge >= 0.3 is 0 Å². The Labute approximate surface area is 180 Å². The third kappa shape index (κ3) is 5.34. The summed E-state index contributed by atoms with van der Waals surface area (Å²) in [6, 6.07) is 8.86. The van der Waals surface area contributed by atoms with Crippen molar-refractivity contribution in [2.24, 2.45) is 0 Å². The minimum Gasteiger partial charge on any atom is -0.370 e. The summed E-state index contributed by atoms with van der Waals surface area (Å²) in [5.74, 6) is -0.592. The number of halogens is 2. The van der Waals surface area contributed by atoms with Gasteiger partial charge in [-0.05, 0) is 55.4 Å². The maximum absolute atomic E-state index is 13.2. The maximum Gasteiger partial charge on any atom is 0.278 e. The fourth-order valence-corrected chi connectivity index (χ4v) is 5.12. The largest absolute Gasteiger partial charge is 0.370 e. The Kier molecular flexibility index (Phi) is 6.75. The second-order valence-corrected chi connectivity index (χ2v) is 10.9. The number of hydrogen-bond acceptors (Lipinski definition) is 6. The topological polar surface area (TPSA) is 98.8 Å². The fourth-order valence-electron chi connectivity index (χ4n) is 3.09. The standard InChI is InChI=1S/C18H22ClFN4O4S2/c1-29(25,26)22-17-13-15(23-11-2-9-21-10-12-23)5-8-18(17)24(19)30(27,28)16-6-3-14(20)4-7-16/h3-8,13,21-22H,2,9-12H2,1H3. The van der Waals surface area contributed by atoms with Crippen LogP contribution in [0.2, 0.25) is 0 Å². The van der Waals surface area contributed by atoms with Gasteiger partial charge in [0.2, 0.25) is 10.0 Å². The van der Waals surface area contributed by atoms with E-state index in [0.29, 0.717) is 3.82 Å². The van der Waals surface area contributed by atoms with Gasteiger partial charge in [-0.3, -0.25) is 4.72 Å². The van der Waals surface area contributed by atoms with Crippen molar-refractivity contribution in [3.05, 3.63) is 48.3 Å². The number of sulfonamides is 2. The summed E-state index contributed by atoms with van der Waals surface area (Å²) >= 11 is 6.16. The molecule has 3 rings (SSSR count). The smallest absolute Gasteiger partial charge is 0.278 e. The lowest BCUT2D eigenvalue weighted by Gasteiger charge is -2.25. The molecule has 0 spiro atoms. The molecule has 2 N–H and O–H groups in total. The lowest BCUT2D eigenvalue weighted by molar-refractivity contribution is 0.596.